The third-order valence-electron chi connectivity index (χ3n) is 4.87. The highest BCUT2D eigenvalue weighted by Crippen LogP contribution is 2.23. The molecule has 1 aromatic carbocycles. The van der Waals surface area contributed by atoms with E-state index < -0.39 is 10.0 Å². The molecule has 1 saturated heterocycles. The zero-order chi connectivity index (χ0) is 19.2. The Bertz CT molecular complexity index is 973. The number of piperazine rings is 1. The molecule has 0 atom stereocenters. The van der Waals surface area contributed by atoms with Crippen molar-refractivity contribution < 1.29 is 18.0 Å². The lowest BCUT2D eigenvalue weighted by molar-refractivity contribution is 0.0500. The Morgan fingerprint density at radius 1 is 1.00 bits per heavy atom. The first-order chi connectivity index (χ1) is 12.9. The molecule has 3 heterocycles. The molecule has 0 unspecified atom stereocenters. The zero-order valence-electron chi connectivity index (χ0n) is 14.8. The summed E-state index contributed by atoms with van der Waals surface area (Å²) in [4.78, 5) is 28.2. The maximum absolute atomic E-state index is 12.6. The molecule has 27 heavy (non-hydrogen) atoms. The van der Waals surface area contributed by atoms with Gasteiger partial charge in [0.25, 0.3) is 11.8 Å². The summed E-state index contributed by atoms with van der Waals surface area (Å²) in [5, 5.41) is 3.92. The predicted octanol–water partition coefficient (Wildman–Crippen LogP) is -0.0199. The number of aryl methyl sites for hydroxylation is 1. The molecule has 1 fully saturated rings. The maximum Gasteiger partial charge on any atom is 0.262 e. The fourth-order valence-corrected chi connectivity index (χ4v) is 4.77. The highest BCUT2D eigenvalue weighted by Gasteiger charge is 2.37. The molecule has 10 heteroatoms. The van der Waals surface area contributed by atoms with E-state index in [1.54, 1.807) is 31.3 Å². The summed E-state index contributed by atoms with van der Waals surface area (Å²) in [5.74, 6) is -0.609. The number of carbonyl (C=O) groups is 2. The molecule has 9 nitrogen and oxygen atoms in total. The van der Waals surface area contributed by atoms with Crippen molar-refractivity contribution >= 4 is 21.8 Å². The van der Waals surface area contributed by atoms with Crippen molar-refractivity contribution in [1.82, 2.24) is 23.9 Å². The minimum absolute atomic E-state index is 0.160. The quantitative estimate of drug-likeness (QED) is 0.682. The van der Waals surface area contributed by atoms with Gasteiger partial charge in [0.05, 0.1) is 24.0 Å². The van der Waals surface area contributed by atoms with Gasteiger partial charge in [-0.05, 0) is 12.1 Å². The van der Waals surface area contributed by atoms with Crippen LogP contribution < -0.4 is 0 Å². The molecule has 0 aliphatic carbocycles. The maximum atomic E-state index is 12.6. The molecule has 2 aliphatic rings. The minimum Gasteiger partial charge on any atom is -0.283 e. The fraction of sp³-hybridized carbons (Fsp3) is 0.353. The van der Waals surface area contributed by atoms with Crippen LogP contribution in [0.4, 0.5) is 0 Å². The number of amides is 2. The van der Waals surface area contributed by atoms with Crippen molar-refractivity contribution in [2.24, 2.45) is 7.05 Å². The Labute approximate surface area is 156 Å². The third kappa shape index (κ3) is 3.05. The topological polar surface area (TPSA) is 95.8 Å². The van der Waals surface area contributed by atoms with Crippen molar-refractivity contribution in [2.75, 3.05) is 32.8 Å². The molecule has 4 rings (SSSR count). The lowest BCUT2D eigenvalue weighted by atomic mass is 10.1. The van der Waals surface area contributed by atoms with Gasteiger partial charge in [0.15, 0.2) is 0 Å². The smallest absolute Gasteiger partial charge is 0.262 e. The molecule has 2 aliphatic heterocycles. The molecular weight excluding hydrogens is 370 g/mol. The van der Waals surface area contributed by atoms with E-state index in [0.717, 1.165) is 0 Å². The number of nitrogens with zero attached hydrogens (tertiary/aromatic N) is 5. The number of hydrogen-bond donors (Lipinski definition) is 0. The van der Waals surface area contributed by atoms with Gasteiger partial charge in [0, 0.05) is 39.4 Å². The molecule has 0 radical (unpaired) electrons. The summed E-state index contributed by atoms with van der Waals surface area (Å²) >= 11 is 0. The Morgan fingerprint density at radius 3 is 2.11 bits per heavy atom. The van der Waals surface area contributed by atoms with Gasteiger partial charge in [-0.3, -0.25) is 24.1 Å². The summed E-state index contributed by atoms with van der Waals surface area (Å²) in [5.41, 5.74) is 0.834. The molecule has 1 aromatic heterocycles. The van der Waals surface area contributed by atoms with E-state index in [4.69, 9.17) is 0 Å². The average molecular weight is 389 g/mol. The normalized spacial score (nSPS) is 18.9. The first-order valence-corrected chi connectivity index (χ1v) is 9.98. The molecule has 0 bridgehead atoms. The average Bonchev–Trinajstić information content (AvgIpc) is 3.21. The summed E-state index contributed by atoms with van der Waals surface area (Å²) in [6, 6.07) is 6.76. The number of hydrogen-bond acceptors (Lipinski definition) is 6. The molecule has 142 valence electrons. The van der Waals surface area contributed by atoms with Crippen molar-refractivity contribution in [3.05, 3.63) is 47.8 Å². The molecule has 2 aromatic rings. The number of imide groups is 1. The standard InChI is InChI=1S/C17H19N5O4S/c1-19-11-13(10-18-19)27(25,26)21-8-6-20(7-9-21)12-22-16(23)14-4-2-3-5-15(14)17(22)24/h2-5,10-11H,6-9,12H2,1H3. The lowest BCUT2D eigenvalue weighted by Crippen LogP contribution is -2.52. The van der Waals surface area contributed by atoms with Crippen LogP contribution in [0.1, 0.15) is 20.7 Å². The van der Waals surface area contributed by atoms with Gasteiger partial charge < -0.3 is 0 Å². The largest absolute Gasteiger partial charge is 0.283 e. The van der Waals surface area contributed by atoms with Gasteiger partial charge in [-0.1, -0.05) is 12.1 Å². The van der Waals surface area contributed by atoms with Gasteiger partial charge in [0.2, 0.25) is 10.0 Å². The number of aromatic nitrogens is 2. The van der Waals surface area contributed by atoms with Crippen LogP contribution in [-0.2, 0) is 17.1 Å². The van der Waals surface area contributed by atoms with Crippen molar-refractivity contribution in [3.63, 3.8) is 0 Å². The van der Waals surface area contributed by atoms with E-state index in [9.17, 15) is 18.0 Å². The van der Waals surface area contributed by atoms with Crippen LogP contribution in [0.15, 0.2) is 41.6 Å². The molecule has 0 saturated carbocycles. The molecule has 2 amide bonds. The highest BCUT2D eigenvalue weighted by molar-refractivity contribution is 7.89. The fourth-order valence-electron chi connectivity index (χ4n) is 3.36. The Hall–Kier alpha value is -2.56. The summed E-state index contributed by atoms with van der Waals surface area (Å²) in [6.45, 7) is 1.62. The van der Waals surface area contributed by atoms with E-state index in [1.807, 2.05) is 4.90 Å². The SMILES string of the molecule is Cn1cc(S(=O)(=O)N2CCN(CN3C(=O)c4ccccc4C3=O)CC2)cn1. The lowest BCUT2D eigenvalue weighted by Gasteiger charge is -2.35. The van der Waals surface area contributed by atoms with E-state index in [0.29, 0.717) is 37.3 Å². The van der Waals surface area contributed by atoms with Crippen LogP contribution in [0.2, 0.25) is 0 Å². The summed E-state index contributed by atoms with van der Waals surface area (Å²) in [7, 11) is -1.92. The molecule has 0 N–H and O–H groups in total. The second kappa shape index (κ2) is 6.55. The highest BCUT2D eigenvalue weighted by atomic mass is 32.2. The monoisotopic (exact) mass is 389 g/mol. The minimum atomic E-state index is -3.58. The van der Waals surface area contributed by atoms with E-state index >= 15 is 0 Å². The number of fused-ring (bicyclic) bond motifs is 1. The number of rotatable bonds is 4. The first kappa shape index (κ1) is 17.8. The van der Waals surface area contributed by atoms with Gasteiger partial charge in [-0.2, -0.15) is 9.40 Å². The molecular formula is C17H19N5O4S. The van der Waals surface area contributed by atoms with Crippen LogP contribution >= 0.6 is 0 Å². The Kier molecular flexibility index (Phi) is 4.33. The zero-order valence-corrected chi connectivity index (χ0v) is 15.6. The number of sulfonamides is 1. The number of carbonyl (C=O) groups excluding carboxylic acids is 2. The van der Waals surface area contributed by atoms with Crippen LogP contribution in [0.3, 0.4) is 0 Å². The van der Waals surface area contributed by atoms with Crippen LogP contribution in [0.25, 0.3) is 0 Å². The van der Waals surface area contributed by atoms with E-state index in [1.165, 1.54) is 26.3 Å². The van der Waals surface area contributed by atoms with Crippen LogP contribution in [-0.4, -0.2) is 77.0 Å². The van der Waals surface area contributed by atoms with Crippen molar-refractivity contribution in [1.29, 1.82) is 0 Å². The second-order valence-electron chi connectivity index (χ2n) is 6.60. The van der Waals surface area contributed by atoms with Crippen LogP contribution in [0, 0.1) is 0 Å². The third-order valence-corrected chi connectivity index (χ3v) is 6.72. The van der Waals surface area contributed by atoms with E-state index in [2.05, 4.69) is 5.10 Å². The van der Waals surface area contributed by atoms with Gasteiger partial charge in [-0.15, -0.1) is 0 Å². The Morgan fingerprint density at radius 2 is 1.59 bits per heavy atom. The molecule has 0 spiro atoms. The first-order valence-electron chi connectivity index (χ1n) is 8.54. The van der Waals surface area contributed by atoms with Crippen molar-refractivity contribution in [2.45, 2.75) is 4.90 Å². The summed E-state index contributed by atoms with van der Waals surface area (Å²) < 4.78 is 28.1. The van der Waals surface area contributed by atoms with Gasteiger partial charge in [0.1, 0.15) is 4.90 Å². The summed E-state index contributed by atoms with van der Waals surface area (Å²) in [6.07, 6.45) is 2.81. The van der Waals surface area contributed by atoms with E-state index in [-0.39, 0.29) is 23.4 Å². The predicted molar refractivity (Wildman–Crippen MR) is 95.3 cm³/mol. The number of benzene rings is 1. The van der Waals surface area contributed by atoms with Gasteiger partial charge >= 0.3 is 0 Å². The van der Waals surface area contributed by atoms with Crippen LogP contribution in [0.5, 0.6) is 0 Å². The second-order valence-corrected chi connectivity index (χ2v) is 8.54. The Balaban J connectivity index is 1.41. The van der Waals surface area contributed by atoms with Crippen molar-refractivity contribution in [3.8, 4) is 0 Å². The van der Waals surface area contributed by atoms with Gasteiger partial charge in [-0.25, -0.2) is 8.42 Å².